The van der Waals surface area contributed by atoms with Crippen LogP contribution in [-0.2, 0) is 43.7 Å². The van der Waals surface area contributed by atoms with E-state index in [1.54, 1.807) is 5.56 Å². The lowest BCUT2D eigenvalue weighted by Gasteiger charge is -2.28. The molecule has 0 heterocycles. The summed E-state index contributed by atoms with van der Waals surface area (Å²) in [6.07, 6.45) is 4.48. The van der Waals surface area contributed by atoms with E-state index < -0.39 is 17.5 Å². The SMILES string of the molecule is COC(=O)CCC(=O)OCC(C)(C)Oc1ccc2c(c1)CCc1c-2ccc2c1CCC2(C)C. The van der Waals surface area contributed by atoms with Gasteiger partial charge in [-0.05, 0) is 90.5 Å². The van der Waals surface area contributed by atoms with Crippen LogP contribution in [0.15, 0.2) is 30.3 Å². The summed E-state index contributed by atoms with van der Waals surface area (Å²) in [5.41, 5.74) is 8.15. The van der Waals surface area contributed by atoms with Crippen LogP contribution in [0.4, 0.5) is 0 Å². The van der Waals surface area contributed by atoms with Gasteiger partial charge < -0.3 is 14.2 Å². The number of carbonyl (C=O) groups is 2. The van der Waals surface area contributed by atoms with Gasteiger partial charge in [0.25, 0.3) is 0 Å². The zero-order chi connectivity index (χ0) is 23.8. The summed E-state index contributed by atoms with van der Waals surface area (Å²) in [6.45, 7) is 8.59. The number of ether oxygens (including phenoxy) is 3. The van der Waals surface area contributed by atoms with Crippen molar-refractivity contribution in [3.05, 3.63) is 52.6 Å². The van der Waals surface area contributed by atoms with Gasteiger partial charge in [-0.2, -0.15) is 0 Å². The van der Waals surface area contributed by atoms with Gasteiger partial charge in [0.2, 0.25) is 0 Å². The van der Waals surface area contributed by atoms with Gasteiger partial charge in [0.1, 0.15) is 18.0 Å². The van der Waals surface area contributed by atoms with Crippen molar-refractivity contribution in [3.63, 3.8) is 0 Å². The van der Waals surface area contributed by atoms with Gasteiger partial charge in [0.05, 0.1) is 20.0 Å². The zero-order valence-electron chi connectivity index (χ0n) is 20.4. The lowest BCUT2D eigenvalue weighted by molar-refractivity contribution is -0.152. The molecule has 0 fully saturated rings. The first kappa shape index (κ1) is 23.3. The molecule has 0 aromatic heterocycles. The zero-order valence-corrected chi connectivity index (χ0v) is 20.4. The Morgan fingerprint density at radius 3 is 2.42 bits per heavy atom. The first-order valence-electron chi connectivity index (χ1n) is 11.8. The maximum atomic E-state index is 11.9. The second-order valence-electron chi connectivity index (χ2n) is 10.4. The summed E-state index contributed by atoms with van der Waals surface area (Å²) in [4.78, 5) is 23.1. The van der Waals surface area contributed by atoms with Gasteiger partial charge in [-0.15, -0.1) is 0 Å². The molecule has 2 aromatic carbocycles. The second-order valence-corrected chi connectivity index (χ2v) is 10.4. The molecule has 176 valence electrons. The van der Waals surface area contributed by atoms with Crippen LogP contribution in [0, 0.1) is 0 Å². The topological polar surface area (TPSA) is 61.8 Å². The Balaban J connectivity index is 1.44. The molecule has 0 unspecified atom stereocenters. The molecule has 0 N–H and O–H groups in total. The van der Waals surface area contributed by atoms with Gasteiger partial charge in [0, 0.05) is 0 Å². The molecule has 0 aliphatic heterocycles. The van der Waals surface area contributed by atoms with E-state index in [4.69, 9.17) is 9.47 Å². The van der Waals surface area contributed by atoms with Crippen molar-refractivity contribution in [1.82, 2.24) is 0 Å². The Labute approximate surface area is 196 Å². The predicted molar refractivity (Wildman–Crippen MR) is 128 cm³/mol. The summed E-state index contributed by atoms with van der Waals surface area (Å²) < 4.78 is 16.1. The molecule has 2 aromatic rings. The van der Waals surface area contributed by atoms with Crippen molar-refractivity contribution in [3.8, 4) is 16.9 Å². The highest BCUT2D eigenvalue weighted by molar-refractivity contribution is 5.78. The van der Waals surface area contributed by atoms with Crippen LogP contribution < -0.4 is 4.74 Å². The fraction of sp³-hybridized carbons (Fsp3) is 0.500. The lowest BCUT2D eigenvalue weighted by Crippen LogP contribution is -2.35. The van der Waals surface area contributed by atoms with Crippen LogP contribution in [0.3, 0.4) is 0 Å². The average Bonchev–Trinajstić information content (AvgIpc) is 3.10. The number of esters is 2. The summed E-state index contributed by atoms with van der Waals surface area (Å²) in [6, 6.07) is 10.9. The van der Waals surface area contributed by atoms with Crippen molar-refractivity contribution in [2.75, 3.05) is 13.7 Å². The number of methoxy groups -OCH3 is 1. The van der Waals surface area contributed by atoms with Gasteiger partial charge in [-0.3, -0.25) is 9.59 Å². The second kappa shape index (κ2) is 8.85. The van der Waals surface area contributed by atoms with E-state index in [2.05, 4.69) is 42.8 Å². The molecule has 0 amide bonds. The third kappa shape index (κ3) is 4.92. The van der Waals surface area contributed by atoms with Gasteiger partial charge in [-0.1, -0.05) is 32.0 Å². The van der Waals surface area contributed by atoms with Gasteiger partial charge >= 0.3 is 11.9 Å². The van der Waals surface area contributed by atoms with Crippen LogP contribution >= 0.6 is 0 Å². The molecule has 0 saturated heterocycles. The summed E-state index contributed by atoms with van der Waals surface area (Å²) >= 11 is 0. The molecule has 0 saturated carbocycles. The van der Waals surface area contributed by atoms with E-state index in [1.807, 2.05) is 19.9 Å². The van der Waals surface area contributed by atoms with Crippen LogP contribution in [-0.4, -0.2) is 31.3 Å². The van der Waals surface area contributed by atoms with Crippen LogP contribution in [0.1, 0.15) is 69.2 Å². The fourth-order valence-electron chi connectivity index (χ4n) is 5.07. The molecule has 5 nitrogen and oxygen atoms in total. The minimum atomic E-state index is -0.686. The number of aryl methyl sites for hydroxylation is 1. The fourth-order valence-corrected chi connectivity index (χ4v) is 5.07. The highest BCUT2D eigenvalue weighted by Crippen LogP contribution is 2.45. The number of hydrogen-bond donors (Lipinski definition) is 0. The molecule has 0 spiro atoms. The molecule has 0 radical (unpaired) electrons. The molecule has 2 aliphatic carbocycles. The smallest absolute Gasteiger partial charge is 0.306 e. The molecular formula is C28H34O5. The van der Waals surface area contributed by atoms with Crippen LogP contribution in [0.5, 0.6) is 5.75 Å². The molecule has 0 atom stereocenters. The molecule has 0 bridgehead atoms. The van der Waals surface area contributed by atoms with Crippen molar-refractivity contribution in [2.45, 2.75) is 77.2 Å². The van der Waals surface area contributed by atoms with E-state index >= 15 is 0 Å². The lowest BCUT2D eigenvalue weighted by atomic mass is 9.80. The maximum absolute atomic E-state index is 11.9. The highest BCUT2D eigenvalue weighted by atomic mass is 16.6. The average molecular weight is 451 g/mol. The monoisotopic (exact) mass is 450 g/mol. The van der Waals surface area contributed by atoms with Crippen molar-refractivity contribution < 1.29 is 23.8 Å². The first-order chi connectivity index (χ1) is 15.6. The molecule has 2 aliphatic rings. The van der Waals surface area contributed by atoms with Gasteiger partial charge in [-0.25, -0.2) is 0 Å². The number of carbonyl (C=O) groups excluding carboxylic acids is 2. The van der Waals surface area contributed by atoms with E-state index in [0.717, 1.165) is 18.6 Å². The normalized spacial score (nSPS) is 15.8. The van der Waals surface area contributed by atoms with Crippen molar-refractivity contribution >= 4 is 11.9 Å². The Bertz CT molecular complexity index is 1080. The predicted octanol–water partition coefficient (Wildman–Crippen LogP) is 5.33. The Kier molecular flexibility index (Phi) is 6.26. The van der Waals surface area contributed by atoms with E-state index in [1.165, 1.54) is 47.8 Å². The van der Waals surface area contributed by atoms with Gasteiger partial charge in [0.15, 0.2) is 0 Å². The first-order valence-corrected chi connectivity index (χ1v) is 11.8. The highest BCUT2D eigenvalue weighted by Gasteiger charge is 2.33. The molecule has 5 heteroatoms. The summed E-state index contributed by atoms with van der Waals surface area (Å²) in [5, 5.41) is 0. The Morgan fingerprint density at radius 1 is 0.939 bits per heavy atom. The standard InChI is InChI=1S/C28H34O5/c1-27(2)15-14-23-22-8-6-18-16-19(7-9-20(18)21(22)10-11-24(23)27)33-28(3,4)17-32-26(30)13-12-25(29)31-5/h7,9-11,16H,6,8,12-15,17H2,1-5H3. The van der Waals surface area contributed by atoms with Crippen molar-refractivity contribution in [1.29, 1.82) is 0 Å². The largest absolute Gasteiger partial charge is 0.484 e. The molecule has 33 heavy (non-hydrogen) atoms. The number of benzene rings is 2. The van der Waals surface area contributed by atoms with Crippen LogP contribution in [0.2, 0.25) is 0 Å². The van der Waals surface area contributed by atoms with E-state index in [9.17, 15) is 9.59 Å². The number of fused-ring (bicyclic) bond motifs is 5. The van der Waals surface area contributed by atoms with Crippen LogP contribution in [0.25, 0.3) is 11.1 Å². The Hall–Kier alpha value is -2.82. The quantitative estimate of drug-likeness (QED) is 0.534. The summed E-state index contributed by atoms with van der Waals surface area (Å²) in [5.74, 6) is -0.0864. The summed E-state index contributed by atoms with van der Waals surface area (Å²) in [7, 11) is 1.30. The minimum absolute atomic E-state index is 0.00188. The minimum Gasteiger partial charge on any atom is -0.484 e. The third-order valence-electron chi connectivity index (χ3n) is 6.91. The molecule has 4 rings (SSSR count). The van der Waals surface area contributed by atoms with E-state index in [0.29, 0.717) is 0 Å². The van der Waals surface area contributed by atoms with Crippen molar-refractivity contribution in [2.24, 2.45) is 0 Å². The maximum Gasteiger partial charge on any atom is 0.306 e. The molecular weight excluding hydrogens is 416 g/mol. The number of rotatable bonds is 7. The Morgan fingerprint density at radius 2 is 1.67 bits per heavy atom. The van der Waals surface area contributed by atoms with E-state index in [-0.39, 0.29) is 24.9 Å². The number of hydrogen-bond acceptors (Lipinski definition) is 5. The third-order valence-corrected chi connectivity index (χ3v) is 6.91.